The van der Waals surface area contributed by atoms with Crippen molar-refractivity contribution in [1.29, 1.82) is 0 Å². The van der Waals surface area contributed by atoms with E-state index in [2.05, 4.69) is 20.9 Å². The molecule has 0 saturated carbocycles. The van der Waals surface area contributed by atoms with Crippen molar-refractivity contribution in [3.05, 3.63) is 72.5 Å². The number of urea groups is 1. The van der Waals surface area contributed by atoms with Crippen LogP contribution < -0.4 is 20.7 Å². The predicted octanol–water partition coefficient (Wildman–Crippen LogP) is 4.08. The molecule has 0 aliphatic heterocycles. The van der Waals surface area contributed by atoms with Crippen molar-refractivity contribution in [2.45, 2.75) is 32.4 Å². The van der Waals surface area contributed by atoms with Gasteiger partial charge in [-0.3, -0.25) is 4.79 Å². The average molecular weight is 467 g/mol. The maximum atomic E-state index is 13.0. The molecule has 1 heterocycles. The second-order valence-electron chi connectivity index (χ2n) is 8.56. The van der Waals surface area contributed by atoms with Crippen LogP contribution in [0.3, 0.4) is 0 Å². The Morgan fingerprint density at radius 2 is 1.62 bits per heavy atom. The standard InChI is InChI=1S/C25H27FN4O4/c1-25(2,3)30-24(33)28-21(15-31)23(32)29-22-6-4-5-20(27-22)16-7-11-18(12-8-16)34-19-13-9-17(26)10-14-19/h4-14,21,31H,15H2,1-3H3,(H,27,29,32)(H2,28,30,33). The number of carbonyl (C=O) groups is 2. The van der Waals surface area contributed by atoms with Crippen LogP contribution in [0.4, 0.5) is 15.0 Å². The number of rotatable bonds is 7. The van der Waals surface area contributed by atoms with Gasteiger partial charge in [0.1, 0.15) is 29.2 Å². The van der Waals surface area contributed by atoms with Crippen LogP contribution >= 0.6 is 0 Å². The highest BCUT2D eigenvalue weighted by molar-refractivity contribution is 5.96. The highest BCUT2D eigenvalue weighted by atomic mass is 19.1. The summed E-state index contributed by atoms with van der Waals surface area (Å²) in [4.78, 5) is 29.0. The van der Waals surface area contributed by atoms with Crippen LogP contribution in [0.5, 0.6) is 11.5 Å². The molecular formula is C25H27FN4O4. The molecule has 34 heavy (non-hydrogen) atoms. The van der Waals surface area contributed by atoms with Crippen molar-refractivity contribution in [1.82, 2.24) is 15.6 Å². The molecule has 0 saturated heterocycles. The fourth-order valence-electron chi connectivity index (χ4n) is 2.94. The zero-order valence-corrected chi connectivity index (χ0v) is 19.1. The summed E-state index contributed by atoms with van der Waals surface area (Å²) >= 11 is 0. The number of benzene rings is 2. The molecule has 178 valence electrons. The number of pyridine rings is 1. The van der Waals surface area contributed by atoms with E-state index >= 15 is 0 Å². The van der Waals surface area contributed by atoms with Crippen molar-refractivity contribution in [2.75, 3.05) is 11.9 Å². The number of nitrogens with one attached hydrogen (secondary N) is 3. The van der Waals surface area contributed by atoms with Crippen LogP contribution in [0.2, 0.25) is 0 Å². The van der Waals surface area contributed by atoms with Gasteiger partial charge in [0.25, 0.3) is 5.91 Å². The average Bonchev–Trinajstić information content (AvgIpc) is 2.78. The van der Waals surface area contributed by atoms with Crippen molar-refractivity contribution < 1.29 is 23.8 Å². The van der Waals surface area contributed by atoms with Crippen molar-refractivity contribution in [3.63, 3.8) is 0 Å². The SMILES string of the molecule is CC(C)(C)NC(=O)NC(CO)C(=O)Nc1cccc(-c2ccc(Oc3ccc(F)cc3)cc2)n1. The lowest BCUT2D eigenvalue weighted by Crippen LogP contribution is -2.53. The van der Waals surface area contributed by atoms with Gasteiger partial charge in [-0.2, -0.15) is 0 Å². The first-order chi connectivity index (χ1) is 16.1. The number of aliphatic hydroxyl groups is 1. The van der Waals surface area contributed by atoms with Crippen LogP contribution in [-0.2, 0) is 4.79 Å². The highest BCUT2D eigenvalue weighted by Crippen LogP contribution is 2.25. The lowest BCUT2D eigenvalue weighted by molar-refractivity contribution is -0.118. The monoisotopic (exact) mass is 466 g/mol. The molecule has 0 radical (unpaired) electrons. The number of hydrogen-bond donors (Lipinski definition) is 4. The lowest BCUT2D eigenvalue weighted by Gasteiger charge is -2.23. The first-order valence-corrected chi connectivity index (χ1v) is 10.6. The van der Waals surface area contributed by atoms with Crippen LogP contribution in [0, 0.1) is 5.82 Å². The minimum absolute atomic E-state index is 0.269. The smallest absolute Gasteiger partial charge is 0.315 e. The Morgan fingerprint density at radius 3 is 2.21 bits per heavy atom. The van der Waals surface area contributed by atoms with Crippen LogP contribution in [0.1, 0.15) is 20.8 Å². The second kappa shape index (κ2) is 10.8. The molecule has 3 rings (SSSR count). The van der Waals surface area contributed by atoms with Gasteiger partial charge in [0, 0.05) is 11.1 Å². The Balaban J connectivity index is 1.65. The summed E-state index contributed by atoms with van der Waals surface area (Å²) in [5.74, 6) is 0.422. The van der Waals surface area contributed by atoms with Gasteiger partial charge >= 0.3 is 6.03 Å². The minimum atomic E-state index is -1.14. The molecule has 4 N–H and O–H groups in total. The van der Waals surface area contributed by atoms with E-state index in [4.69, 9.17) is 4.74 Å². The molecule has 1 unspecified atom stereocenters. The molecule has 3 aromatic rings. The van der Waals surface area contributed by atoms with E-state index in [0.29, 0.717) is 17.2 Å². The number of aliphatic hydroxyl groups excluding tert-OH is 1. The van der Waals surface area contributed by atoms with E-state index in [0.717, 1.165) is 5.56 Å². The van der Waals surface area contributed by atoms with Gasteiger partial charge in [-0.25, -0.2) is 14.2 Å². The Hall–Kier alpha value is -3.98. The molecule has 0 spiro atoms. The third-order valence-electron chi connectivity index (χ3n) is 4.49. The zero-order valence-electron chi connectivity index (χ0n) is 19.1. The van der Waals surface area contributed by atoms with E-state index in [-0.39, 0.29) is 11.6 Å². The number of anilines is 1. The number of hydrogen-bond acceptors (Lipinski definition) is 5. The number of halogens is 1. The topological polar surface area (TPSA) is 113 Å². The Kier molecular flexibility index (Phi) is 7.80. The highest BCUT2D eigenvalue weighted by Gasteiger charge is 2.22. The van der Waals surface area contributed by atoms with Gasteiger partial charge in [-0.1, -0.05) is 6.07 Å². The molecule has 3 amide bonds. The molecular weight excluding hydrogens is 439 g/mol. The van der Waals surface area contributed by atoms with E-state index in [1.165, 1.54) is 24.3 Å². The molecule has 0 aliphatic carbocycles. The summed E-state index contributed by atoms with van der Waals surface area (Å²) < 4.78 is 18.7. The summed E-state index contributed by atoms with van der Waals surface area (Å²) in [6.07, 6.45) is 0. The van der Waals surface area contributed by atoms with E-state index in [1.807, 2.05) is 12.1 Å². The maximum Gasteiger partial charge on any atom is 0.315 e. The molecule has 1 aromatic heterocycles. The first-order valence-electron chi connectivity index (χ1n) is 10.6. The number of aromatic nitrogens is 1. The van der Waals surface area contributed by atoms with Gasteiger partial charge in [0.2, 0.25) is 0 Å². The number of carbonyl (C=O) groups excluding carboxylic acids is 2. The predicted molar refractivity (Wildman–Crippen MR) is 127 cm³/mol. The number of nitrogens with zero attached hydrogens (tertiary/aromatic N) is 1. The summed E-state index contributed by atoms with van der Waals surface area (Å²) in [6.45, 7) is 4.84. The van der Waals surface area contributed by atoms with Gasteiger partial charge in [0.05, 0.1) is 12.3 Å². The van der Waals surface area contributed by atoms with E-state index in [9.17, 15) is 19.1 Å². The summed E-state index contributed by atoms with van der Waals surface area (Å²) in [5.41, 5.74) is 0.893. The van der Waals surface area contributed by atoms with E-state index in [1.54, 1.807) is 51.1 Å². The van der Waals surface area contributed by atoms with Gasteiger partial charge in [0.15, 0.2) is 0 Å². The first kappa shape index (κ1) is 24.7. The molecule has 0 fully saturated rings. The van der Waals surface area contributed by atoms with Crippen molar-refractivity contribution in [3.8, 4) is 22.8 Å². The van der Waals surface area contributed by atoms with Gasteiger partial charge < -0.3 is 25.8 Å². The van der Waals surface area contributed by atoms with E-state index < -0.39 is 30.1 Å². The molecule has 8 nitrogen and oxygen atoms in total. The Bertz CT molecular complexity index is 1130. The van der Waals surface area contributed by atoms with Crippen LogP contribution in [0.25, 0.3) is 11.3 Å². The number of ether oxygens (including phenoxy) is 1. The lowest BCUT2D eigenvalue weighted by atomic mass is 10.1. The zero-order chi connectivity index (χ0) is 24.7. The quantitative estimate of drug-likeness (QED) is 0.419. The third kappa shape index (κ3) is 7.28. The molecule has 0 aliphatic rings. The second-order valence-corrected chi connectivity index (χ2v) is 8.56. The summed E-state index contributed by atoms with van der Waals surface area (Å²) in [7, 11) is 0. The minimum Gasteiger partial charge on any atom is -0.457 e. The fraction of sp³-hybridized carbons (Fsp3) is 0.240. The molecule has 1 atom stereocenters. The van der Waals surface area contributed by atoms with Gasteiger partial charge in [-0.15, -0.1) is 0 Å². The number of amides is 3. The molecule has 2 aromatic carbocycles. The molecule has 0 bridgehead atoms. The Morgan fingerprint density at radius 1 is 1.00 bits per heavy atom. The van der Waals surface area contributed by atoms with Crippen LogP contribution in [-0.4, -0.2) is 40.2 Å². The van der Waals surface area contributed by atoms with Crippen molar-refractivity contribution in [2.24, 2.45) is 0 Å². The molecule has 9 heteroatoms. The third-order valence-corrected chi connectivity index (χ3v) is 4.49. The van der Waals surface area contributed by atoms with Gasteiger partial charge in [-0.05, 0) is 81.4 Å². The largest absolute Gasteiger partial charge is 0.457 e. The summed E-state index contributed by atoms with van der Waals surface area (Å²) in [6, 6.07) is 16.3. The van der Waals surface area contributed by atoms with Crippen molar-refractivity contribution >= 4 is 17.8 Å². The van der Waals surface area contributed by atoms with Crippen LogP contribution in [0.15, 0.2) is 66.7 Å². The Labute approximate surface area is 197 Å². The maximum absolute atomic E-state index is 13.0. The fourth-order valence-corrected chi connectivity index (χ4v) is 2.94. The normalized spacial score (nSPS) is 11.9. The summed E-state index contributed by atoms with van der Waals surface area (Å²) in [5, 5.41) is 17.3.